The molecule has 3 rings (SSSR count). The Balaban J connectivity index is -0.000000389. The Morgan fingerprint density at radius 1 is 1.12 bits per heavy atom. The minimum atomic E-state index is 0.398. The molecule has 0 saturated heterocycles. The van der Waals surface area contributed by atoms with Crippen LogP contribution in [-0.2, 0) is 0 Å². The zero-order valence-electron chi connectivity index (χ0n) is 23.9. The summed E-state index contributed by atoms with van der Waals surface area (Å²) >= 11 is 1.92. The Morgan fingerprint density at radius 3 is 2.03 bits per heavy atom. The summed E-state index contributed by atoms with van der Waals surface area (Å²) in [6.45, 7) is 27.4. The van der Waals surface area contributed by atoms with Gasteiger partial charge in [-0.3, -0.25) is 10.4 Å². The molecule has 1 atom stereocenters. The second-order valence-electron chi connectivity index (χ2n) is 6.49. The summed E-state index contributed by atoms with van der Waals surface area (Å²) in [4.78, 5) is 11.2. The first-order valence-electron chi connectivity index (χ1n) is 12.1. The van der Waals surface area contributed by atoms with Crippen molar-refractivity contribution in [1.82, 2.24) is 24.6 Å². The number of rotatable bonds is 3. The van der Waals surface area contributed by atoms with Gasteiger partial charge in [0.1, 0.15) is 18.0 Å². The number of hydrogen-bond acceptors (Lipinski definition) is 6. The van der Waals surface area contributed by atoms with E-state index in [1.165, 1.54) is 27.5 Å². The van der Waals surface area contributed by atoms with Crippen molar-refractivity contribution in [2.24, 2.45) is 5.10 Å². The Bertz CT molecular complexity index is 864. The van der Waals surface area contributed by atoms with Crippen LogP contribution in [0.2, 0.25) is 0 Å². The van der Waals surface area contributed by atoms with Crippen molar-refractivity contribution >= 4 is 29.5 Å². The van der Waals surface area contributed by atoms with Gasteiger partial charge in [0.05, 0.1) is 0 Å². The second kappa shape index (κ2) is 22.2. The van der Waals surface area contributed by atoms with Gasteiger partial charge in [-0.1, -0.05) is 55.4 Å². The van der Waals surface area contributed by atoms with Crippen LogP contribution >= 0.6 is 11.3 Å². The van der Waals surface area contributed by atoms with Crippen molar-refractivity contribution < 1.29 is 0 Å². The van der Waals surface area contributed by atoms with Crippen molar-refractivity contribution in [2.45, 2.75) is 95.4 Å². The highest BCUT2D eigenvalue weighted by Gasteiger charge is 2.03. The molecule has 0 fully saturated rings. The molecule has 3 aromatic heterocycles. The summed E-state index contributed by atoms with van der Waals surface area (Å²) < 4.78 is 1.73. The van der Waals surface area contributed by atoms with E-state index in [1.807, 2.05) is 66.7 Å². The minimum absolute atomic E-state index is 0.398. The molecule has 0 spiro atoms. The molecule has 0 aliphatic heterocycles. The molecule has 0 bridgehead atoms. The van der Waals surface area contributed by atoms with E-state index in [4.69, 9.17) is 5.41 Å². The first kappa shape index (κ1) is 36.0. The van der Waals surface area contributed by atoms with Gasteiger partial charge in [0, 0.05) is 35.3 Å². The second-order valence-corrected chi connectivity index (χ2v) is 7.81. The predicted octanol–water partition coefficient (Wildman–Crippen LogP) is 7.92. The summed E-state index contributed by atoms with van der Waals surface area (Å²) in [5, 5.41) is 15.8. The first-order chi connectivity index (χ1) is 16.2. The maximum absolute atomic E-state index is 6.89. The molecule has 7 nitrogen and oxygen atoms in total. The molecular formula is C26H49N7S. The van der Waals surface area contributed by atoms with Gasteiger partial charge in [0.2, 0.25) is 0 Å². The summed E-state index contributed by atoms with van der Waals surface area (Å²) in [6, 6.07) is 4.44. The molecule has 0 amide bonds. The molecule has 0 aliphatic carbocycles. The van der Waals surface area contributed by atoms with Crippen molar-refractivity contribution in [3.63, 3.8) is 0 Å². The van der Waals surface area contributed by atoms with E-state index in [-0.39, 0.29) is 0 Å². The zero-order chi connectivity index (χ0) is 27.3. The Labute approximate surface area is 212 Å². The van der Waals surface area contributed by atoms with Gasteiger partial charge in [0.15, 0.2) is 5.65 Å². The number of fused-ring (bicyclic) bond motifs is 1. The van der Waals surface area contributed by atoms with Gasteiger partial charge in [-0.2, -0.15) is 14.7 Å². The normalized spacial score (nSPS) is 9.56. The fraction of sp³-hybridized carbons (Fsp3) is 0.577. The van der Waals surface area contributed by atoms with Gasteiger partial charge in [0.25, 0.3) is 0 Å². The van der Waals surface area contributed by atoms with Gasteiger partial charge < -0.3 is 0 Å². The molecule has 8 heteroatoms. The molecule has 34 heavy (non-hydrogen) atoms. The number of thiophene rings is 1. The van der Waals surface area contributed by atoms with Crippen LogP contribution in [0.5, 0.6) is 0 Å². The van der Waals surface area contributed by atoms with E-state index in [1.54, 1.807) is 24.7 Å². The number of hydrogen-bond donors (Lipinski definition) is 1. The fourth-order valence-electron chi connectivity index (χ4n) is 2.08. The third-order valence-corrected chi connectivity index (χ3v) is 5.44. The summed E-state index contributed by atoms with van der Waals surface area (Å²) in [6.07, 6.45) is 4.59. The van der Waals surface area contributed by atoms with Crippen LogP contribution in [0.3, 0.4) is 0 Å². The van der Waals surface area contributed by atoms with Crippen LogP contribution in [-0.4, -0.2) is 44.2 Å². The lowest BCUT2D eigenvalue weighted by molar-refractivity contribution is 0.542. The van der Waals surface area contributed by atoms with Crippen molar-refractivity contribution in [3.8, 4) is 0 Å². The molecular weight excluding hydrogens is 442 g/mol. The predicted molar refractivity (Wildman–Crippen MR) is 153 cm³/mol. The van der Waals surface area contributed by atoms with Gasteiger partial charge in [-0.25, -0.2) is 9.97 Å². The number of nitrogens with one attached hydrogen (secondary N) is 1. The lowest BCUT2D eigenvalue weighted by Gasteiger charge is -2.06. The number of amidine groups is 1. The van der Waals surface area contributed by atoms with Gasteiger partial charge in [-0.05, 0) is 52.2 Å². The average molecular weight is 492 g/mol. The molecule has 3 aromatic rings. The van der Waals surface area contributed by atoms with Crippen LogP contribution in [0.25, 0.3) is 5.65 Å². The minimum Gasteiger partial charge on any atom is -0.287 e. The van der Waals surface area contributed by atoms with E-state index in [2.05, 4.69) is 59.8 Å². The molecule has 194 valence electrons. The number of aryl methyl sites for hydroxylation is 3. The van der Waals surface area contributed by atoms with Crippen LogP contribution in [0.1, 0.15) is 95.8 Å². The van der Waals surface area contributed by atoms with E-state index < -0.39 is 0 Å². The topological polar surface area (TPSA) is 82.5 Å². The lowest BCUT2D eigenvalue weighted by atomic mass is 10.1. The maximum atomic E-state index is 6.89. The standard InChI is InChI=1S/C9H14S.C7H8N4.C4H9N3.3C2H6/c1-4-7(2)9-6-5-8(3)10-9;1-5-3-8-6(2)11-7(5)9-4-10-11;1-4(5)7(3)6-2;3*1-2/h5-7H,4H2,1-3H3;3-4H,1-2H3;5H,2H2,1,3H3;3*1-2H3. The highest BCUT2D eigenvalue weighted by molar-refractivity contribution is 7.12. The summed E-state index contributed by atoms with van der Waals surface area (Å²) in [5.74, 6) is 2.01. The highest BCUT2D eigenvalue weighted by Crippen LogP contribution is 2.25. The molecule has 0 saturated carbocycles. The smallest absolute Gasteiger partial charge is 0.161 e. The van der Waals surface area contributed by atoms with Crippen LogP contribution in [0.4, 0.5) is 0 Å². The average Bonchev–Trinajstić information content (AvgIpc) is 3.55. The third kappa shape index (κ3) is 13.8. The van der Waals surface area contributed by atoms with Crippen LogP contribution < -0.4 is 0 Å². The van der Waals surface area contributed by atoms with E-state index in [0.29, 0.717) is 5.84 Å². The first-order valence-corrected chi connectivity index (χ1v) is 13.0. The zero-order valence-corrected chi connectivity index (χ0v) is 24.7. The Morgan fingerprint density at radius 2 is 1.68 bits per heavy atom. The molecule has 3 heterocycles. The Hall–Kier alpha value is -2.61. The SMILES string of the molecule is C=NN(C)C(C)=N.CC.CC.CC.CCC(C)c1ccc(C)s1.Cc1cnc(C)n2ncnc12. The monoisotopic (exact) mass is 491 g/mol. The summed E-state index contributed by atoms with van der Waals surface area (Å²) in [7, 11) is 1.68. The molecule has 1 N–H and O–H groups in total. The molecule has 0 radical (unpaired) electrons. The lowest BCUT2D eigenvalue weighted by Crippen LogP contribution is -2.15. The van der Waals surface area contributed by atoms with Crippen LogP contribution in [0, 0.1) is 26.2 Å². The van der Waals surface area contributed by atoms with Crippen LogP contribution in [0.15, 0.2) is 29.8 Å². The Kier molecular flexibility index (Phi) is 23.5. The molecule has 0 aromatic carbocycles. The van der Waals surface area contributed by atoms with Crippen molar-refractivity contribution in [3.05, 3.63) is 45.8 Å². The molecule has 1 unspecified atom stereocenters. The largest absolute Gasteiger partial charge is 0.287 e. The van der Waals surface area contributed by atoms with Gasteiger partial charge in [-0.15, -0.1) is 11.3 Å². The van der Waals surface area contributed by atoms with E-state index in [0.717, 1.165) is 23.0 Å². The van der Waals surface area contributed by atoms with Gasteiger partial charge >= 0.3 is 0 Å². The quantitative estimate of drug-likeness (QED) is 0.229. The van der Waals surface area contributed by atoms with E-state index >= 15 is 0 Å². The molecule has 0 aliphatic rings. The number of nitrogens with zero attached hydrogens (tertiary/aromatic N) is 6. The van der Waals surface area contributed by atoms with E-state index in [9.17, 15) is 0 Å². The van der Waals surface area contributed by atoms with Crippen molar-refractivity contribution in [1.29, 1.82) is 5.41 Å². The number of hydrazone groups is 1. The maximum Gasteiger partial charge on any atom is 0.161 e. The fourth-order valence-corrected chi connectivity index (χ4v) is 3.09. The highest BCUT2D eigenvalue weighted by atomic mass is 32.1. The third-order valence-electron chi connectivity index (χ3n) is 4.21. The number of aromatic nitrogens is 4. The van der Waals surface area contributed by atoms with Crippen molar-refractivity contribution in [2.75, 3.05) is 7.05 Å². The summed E-state index contributed by atoms with van der Waals surface area (Å²) in [5.41, 5.74) is 1.94.